The number of nitrogens with zero attached hydrogens (tertiary/aromatic N) is 1. The Bertz CT molecular complexity index is 521. The molecule has 0 radical (unpaired) electrons. The Labute approximate surface area is 105 Å². The summed E-state index contributed by atoms with van der Waals surface area (Å²) in [5.74, 6) is 0.890. The predicted octanol–water partition coefficient (Wildman–Crippen LogP) is 4.75. The Morgan fingerprint density at radius 3 is 2.62 bits per heavy atom. The van der Waals surface area contributed by atoms with Crippen LogP contribution in [0.5, 0.6) is 0 Å². The molecule has 1 heterocycles. The quantitative estimate of drug-likeness (QED) is 0.704. The molecule has 0 aliphatic carbocycles. The maximum Gasteiger partial charge on any atom is 0.0709 e. The summed E-state index contributed by atoms with van der Waals surface area (Å²) in [5.41, 5.74) is 3.13. The zero-order valence-corrected chi connectivity index (χ0v) is 10.8. The second-order valence-corrected chi connectivity index (χ2v) is 4.86. The molecule has 0 spiro atoms. The number of rotatable bonds is 2. The van der Waals surface area contributed by atoms with E-state index in [1.165, 1.54) is 0 Å². The lowest BCUT2D eigenvalue weighted by atomic mass is 10.0. The molecule has 0 aliphatic rings. The first kappa shape index (κ1) is 11.7. The van der Waals surface area contributed by atoms with Gasteiger partial charge in [0.15, 0.2) is 0 Å². The van der Waals surface area contributed by atoms with Gasteiger partial charge in [0, 0.05) is 22.0 Å². The third-order valence-electron chi connectivity index (χ3n) is 2.61. The summed E-state index contributed by atoms with van der Waals surface area (Å²) in [7, 11) is 0. The number of halogens is 2. The van der Waals surface area contributed by atoms with Crippen LogP contribution in [0, 0.1) is 0 Å². The van der Waals surface area contributed by atoms with Gasteiger partial charge in [-0.2, -0.15) is 0 Å². The lowest BCUT2D eigenvalue weighted by Gasteiger charge is -2.10. The van der Waals surface area contributed by atoms with Crippen LogP contribution < -0.4 is 0 Å². The Balaban J connectivity index is 2.73. The summed E-state index contributed by atoms with van der Waals surface area (Å²) in [6.45, 7) is 4.25. The van der Waals surface area contributed by atoms with Gasteiger partial charge in [-0.05, 0) is 35.7 Å². The maximum atomic E-state index is 5.98. The van der Waals surface area contributed by atoms with Crippen molar-refractivity contribution in [2.75, 3.05) is 0 Å². The molecule has 0 saturated carbocycles. The topological polar surface area (TPSA) is 12.9 Å². The minimum absolute atomic E-state index is 0.405. The first-order chi connectivity index (χ1) is 7.61. The zero-order valence-electron chi connectivity index (χ0n) is 9.30. The van der Waals surface area contributed by atoms with Gasteiger partial charge in [-0.25, -0.2) is 0 Å². The largest absolute Gasteiger partial charge is 0.253 e. The second kappa shape index (κ2) is 4.60. The molecule has 0 amide bonds. The fourth-order valence-corrected chi connectivity index (χ4v) is 2.09. The van der Waals surface area contributed by atoms with E-state index in [4.69, 9.17) is 23.2 Å². The number of pyridine rings is 1. The fraction of sp³-hybridized carbons (Fsp3) is 0.308. The molecule has 84 valence electrons. The summed E-state index contributed by atoms with van der Waals surface area (Å²) in [6, 6.07) is 7.79. The van der Waals surface area contributed by atoms with E-state index in [0.29, 0.717) is 11.8 Å². The third-order valence-corrected chi connectivity index (χ3v) is 3.13. The molecule has 1 aromatic carbocycles. The van der Waals surface area contributed by atoms with Crippen molar-refractivity contribution < 1.29 is 0 Å². The van der Waals surface area contributed by atoms with Gasteiger partial charge in [-0.15, -0.1) is 11.6 Å². The minimum atomic E-state index is 0.405. The Kier molecular flexibility index (Phi) is 3.36. The standard InChI is InChI=1S/C13H13Cl2N/c1-8(2)13-5-9(7-14)11-6-10(15)3-4-12(11)16-13/h3-6,8H,7H2,1-2H3. The molecule has 0 aliphatic heterocycles. The normalized spacial score (nSPS) is 11.3. The summed E-state index contributed by atoms with van der Waals surface area (Å²) < 4.78 is 0. The maximum absolute atomic E-state index is 5.98. The Morgan fingerprint density at radius 2 is 2.00 bits per heavy atom. The monoisotopic (exact) mass is 253 g/mol. The molecule has 1 aromatic heterocycles. The van der Waals surface area contributed by atoms with Gasteiger partial charge in [-0.1, -0.05) is 25.4 Å². The van der Waals surface area contributed by atoms with Crippen molar-refractivity contribution in [1.29, 1.82) is 0 Å². The highest BCUT2D eigenvalue weighted by molar-refractivity contribution is 6.31. The van der Waals surface area contributed by atoms with E-state index in [2.05, 4.69) is 24.9 Å². The van der Waals surface area contributed by atoms with Gasteiger partial charge in [0.25, 0.3) is 0 Å². The number of hydrogen-bond acceptors (Lipinski definition) is 1. The van der Waals surface area contributed by atoms with Crippen LogP contribution in [-0.4, -0.2) is 4.98 Å². The summed E-state index contributed by atoms with van der Waals surface area (Å²) in [6.07, 6.45) is 0. The second-order valence-electron chi connectivity index (χ2n) is 4.16. The van der Waals surface area contributed by atoms with Crippen molar-refractivity contribution in [3.05, 3.63) is 40.5 Å². The zero-order chi connectivity index (χ0) is 11.7. The van der Waals surface area contributed by atoms with Crippen LogP contribution in [0.25, 0.3) is 10.9 Å². The van der Waals surface area contributed by atoms with E-state index in [-0.39, 0.29) is 0 Å². The van der Waals surface area contributed by atoms with Gasteiger partial charge in [0.1, 0.15) is 0 Å². The fourth-order valence-electron chi connectivity index (χ4n) is 1.70. The first-order valence-electron chi connectivity index (χ1n) is 5.27. The van der Waals surface area contributed by atoms with Crippen LogP contribution in [0.1, 0.15) is 31.0 Å². The predicted molar refractivity (Wildman–Crippen MR) is 70.4 cm³/mol. The van der Waals surface area contributed by atoms with Crippen molar-refractivity contribution in [3.8, 4) is 0 Å². The smallest absolute Gasteiger partial charge is 0.0709 e. The molecular weight excluding hydrogens is 241 g/mol. The van der Waals surface area contributed by atoms with Gasteiger partial charge in [0.2, 0.25) is 0 Å². The molecule has 0 atom stereocenters. The molecule has 0 fully saturated rings. The molecule has 0 unspecified atom stereocenters. The van der Waals surface area contributed by atoms with Crippen molar-refractivity contribution >= 4 is 34.1 Å². The highest BCUT2D eigenvalue weighted by Gasteiger charge is 2.08. The number of fused-ring (bicyclic) bond motifs is 1. The molecule has 0 saturated heterocycles. The van der Waals surface area contributed by atoms with Crippen LogP contribution in [0.15, 0.2) is 24.3 Å². The lowest BCUT2D eigenvalue weighted by Crippen LogP contribution is -1.96. The highest BCUT2D eigenvalue weighted by atomic mass is 35.5. The van der Waals surface area contributed by atoms with E-state index in [1.54, 1.807) is 0 Å². The SMILES string of the molecule is CC(C)c1cc(CCl)c2cc(Cl)ccc2n1. The number of aromatic nitrogens is 1. The van der Waals surface area contributed by atoms with Gasteiger partial charge >= 0.3 is 0 Å². The van der Waals surface area contributed by atoms with Crippen molar-refractivity contribution in [3.63, 3.8) is 0 Å². The van der Waals surface area contributed by atoms with Crippen LogP contribution in [-0.2, 0) is 5.88 Å². The van der Waals surface area contributed by atoms with Gasteiger partial charge < -0.3 is 0 Å². The third kappa shape index (κ3) is 2.16. The average molecular weight is 254 g/mol. The molecule has 0 N–H and O–H groups in total. The van der Waals surface area contributed by atoms with Gasteiger partial charge in [-0.3, -0.25) is 4.98 Å². The highest BCUT2D eigenvalue weighted by Crippen LogP contribution is 2.26. The number of hydrogen-bond donors (Lipinski definition) is 0. The lowest BCUT2D eigenvalue weighted by molar-refractivity contribution is 0.828. The summed E-state index contributed by atoms with van der Waals surface area (Å²) in [5, 5.41) is 1.77. The summed E-state index contributed by atoms with van der Waals surface area (Å²) >= 11 is 11.9. The van der Waals surface area contributed by atoms with E-state index < -0.39 is 0 Å². The molecule has 2 rings (SSSR count). The molecule has 0 bridgehead atoms. The van der Waals surface area contributed by atoms with Crippen molar-refractivity contribution in [2.45, 2.75) is 25.6 Å². The molecule has 16 heavy (non-hydrogen) atoms. The van der Waals surface area contributed by atoms with E-state index in [1.807, 2.05) is 18.2 Å². The number of alkyl halides is 1. The molecule has 1 nitrogen and oxygen atoms in total. The van der Waals surface area contributed by atoms with Crippen LogP contribution in [0.3, 0.4) is 0 Å². The van der Waals surface area contributed by atoms with Crippen LogP contribution in [0.4, 0.5) is 0 Å². The first-order valence-corrected chi connectivity index (χ1v) is 6.18. The molecular formula is C13H13Cl2N. The van der Waals surface area contributed by atoms with Crippen molar-refractivity contribution in [2.24, 2.45) is 0 Å². The van der Waals surface area contributed by atoms with E-state index in [9.17, 15) is 0 Å². The molecule has 2 aromatic rings. The van der Waals surface area contributed by atoms with Crippen molar-refractivity contribution in [1.82, 2.24) is 4.98 Å². The molecule has 3 heteroatoms. The number of benzene rings is 1. The van der Waals surface area contributed by atoms with Crippen LogP contribution >= 0.6 is 23.2 Å². The van der Waals surface area contributed by atoms with E-state index in [0.717, 1.165) is 27.2 Å². The Hall–Kier alpha value is -0.790. The average Bonchev–Trinajstić information content (AvgIpc) is 2.27. The van der Waals surface area contributed by atoms with Crippen LogP contribution in [0.2, 0.25) is 5.02 Å². The Morgan fingerprint density at radius 1 is 1.25 bits per heavy atom. The minimum Gasteiger partial charge on any atom is -0.253 e. The van der Waals surface area contributed by atoms with E-state index >= 15 is 0 Å². The summed E-state index contributed by atoms with van der Waals surface area (Å²) in [4.78, 5) is 4.61. The van der Waals surface area contributed by atoms with Gasteiger partial charge in [0.05, 0.1) is 5.52 Å².